The molecular weight excluding hydrogens is 260 g/mol. The lowest BCUT2D eigenvalue weighted by Crippen LogP contribution is -2.60. The summed E-state index contributed by atoms with van der Waals surface area (Å²) in [7, 11) is 1.97. The fourth-order valence-electron chi connectivity index (χ4n) is 3.15. The number of piperazine rings is 1. The van der Waals surface area contributed by atoms with Crippen molar-refractivity contribution in [3.63, 3.8) is 0 Å². The molecule has 0 spiro atoms. The molecule has 2 atom stereocenters. The number of benzene rings is 1. The molecule has 1 aromatic carbocycles. The highest BCUT2D eigenvalue weighted by atomic mass is 15.3. The minimum atomic E-state index is 0.00525. The number of nitrogens with zero attached hydrogens (tertiary/aromatic N) is 3. The first-order valence-corrected chi connectivity index (χ1v) is 7.60. The summed E-state index contributed by atoms with van der Waals surface area (Å²) in [6.45, 7) is 7.45. The molecule has 2 aromatic rings. The van der Waals surface area contributed by atoms with Crippen molar-refractivity contribution < 1.29 is 0 Å². The van der Waals surface area contributed by atoms with E-state index in [-0.39, 0.29) is 5.54 Å². The standard InChI is InChI=1S/C17H24N4/c1-14-11-21(12-16-9-10-20(3)19-16)17(2,13-18-14)15-7-5-4-6-8-15/h4-10,14,18H,11-13H2,1-3H3. The van der Waals surface area contributed by atoms with Crippen LogP contribution in [0.1, 0.15) is 25.1 Å². The highest BCUT2D eigenvalue weighted by molar-refractivity contribution is 5.25. The van der Waals surface area contributed by atoms with Crippen LogP contribution < -0.4 is 5.32 Å². The number of aromatic nitrogens is 2. The maximum Gasteiger partial charge on any atom is 0.0764 e. The molecule has 1 aliphatic rings. The zero-order valence-corrected chi connectivity index (χ0v) is 13.1. The number of hydrogen-bond donors (Lipinski definition) is 1. The largest absolute Gasteiger partial charge is 0.311 e. The molecule has 0 amide bonds. The third-order valence-electron chi connectivity index (χ3n) is 4.50. The molecule has 2 unspecified atom stereocenters. The van der Waals surface area contributed by atoms with Gasteiger partial charge in [-0.2, -0.15) is 5.10 Å². The Kier molecular flexibility index (Phi) is 3.83. The zero-order chi connectivity index (χ0) is 14.9. The third-order valence-corrected chi connectivity index (χ3v) is 4.50. The second-order valence-corrected chi connectivity index (χ2v) is 6.28. The Morgan fingerprint density at radius 3 is 2.71 bits per heavy atom. The molecule has 2 heterocycles. The lowest BCUT2D eigenvalue weighted by atomic mass is 9.87. The maximum absolute atomic E-state index is 4.54. The average Bonchev–Trinajstić information content (AvgIpc) is 2.89. The summed E-state index contributed by atoms with van der Waals surface area (Å²) >= 11 is 0. The van der Waals surface area contributed by atoms with Crippen LogP contribution in [0, 0.1) is 0 Å². The molecular formula is C17H24N4. The third kappa shape index (κ3) is 2.87. The molecule has 1 saturated heterocycles. The molecule has 0 radical (unpaired) electrons. The molecule has 0 aliphatic carbocycles. The van der Waals surface area contributed by atoms with E-state index < -0.39 is 0 Å². The van der Waals surface area contributed by atoms with E-state index in [2.05, 4.69) is 65.6 Å². The first kappa shape index (κ1) is 14.3. The van der Waals surface area contributed by atoms with E-state index in [1.54, 1.807) is 0 Å². The summed E-state index contributed by atoms with van der Waals surface area (Å²) in [5.74, 6) is 0. The quantitative estimate of drug-likeness (QED) is 0.937. The number of rotatable bonds is 3. The Morgan fingerprint density at radius 1 is 1.29 bits per heavy atom. The van der Waals surface area contributed by atoms with Crippen LogP contribution in [-0.2, 0) is 19.1 Å². The van der Waals surface area contributed by atoms with Crippen LogP contribution in [0.2, 0.25) is 0 Å². The van der Waals surface area contributed by atoms with E-state index in [4.69, 9.17) is 0 Å². The molecule has 3 rings (SSSR count). The van der Waals surface area contributed by atoms with Crippen molar-refractivity contribution in [3.8, 4) is 0 Å². The topological polar surface area (TPSA) is 33.1 Å². The van der Waals surface area contributed by atoms with Crippen LogP contribution in [0.25, 0.3) is 0 Å². The Morgan fingerprint density at radius 2 is 2.05 bits per heavy atom. The van der Waals surface area contributed by atoms with Gasteiger partial charge in [0.2, 0.25) is 0 Å². The lowest BCUT2D eigenvalue weighted by molar-refractivity contribution is 0.0445. The first-order chi connectivity index (χ1) is 10.1. The van der Waals surface area contributed by atoms with Gasteiger partial charge in [-0.15, -0.1) is 0 Å². The predicted molar refractivity (Wildman–Crippen MR) is 84.9 cm³/mol. The highest BCUT2D eigenvalue weighted by Gasteiger charge is 2.38. The Bertz CT molecular complexity index is 592. The van der Waals surface area contributed by atoms with E-state index in [1.165, 1.54) is 5.56 Å². The van der Waals surface area contributed by atoms with Gasteiger partial charge < -0.3 is 5.32 Å². The maximum atomic E-state index is 4.54. The van der Waals surface area contributed by atoms with Gasteiger partial charge in [0.25, 0.3) is 0 Å². The van der Waals surface area contributed by atoms with Gasteiger partial charge in [-0.1, -0.05) is 30.3 Å². The summed E-state index contributed by atoms with van der Waals surface area (Å²) in [6.07, 6.45) is 2.01. The molecule has 1 aromatic heterocycles. The Balaban J connectivity index is 1.89. The Labute approximate surface area is 126 Å². The average molecular weight is 284 g/mol. The smallest absolute Gasteiger partial charge is 0.0764 e. The summed E-state index contributed by atoms with van der Waals surface area (Å²) < 4.78 is 1.88. The van der Waals surface area contributed by atoms with Crippen molar-refractivity contribution in [2.24, 2.45) is 7.05 Å². The number of nitrogens with one attached hydrogen (secondary N) is 1. The van der Waals surface area contributed by atoms with Crippen molar-refractivity contribution in [1.29, 1.82) is 0 Å². The Hall–Kier alpha value is -1.65. The van der Waals surface area contributed by atoms with Gasteiger partial charge in [-0.05, 0) is 25.5 Å². The van der Waals surface area contributed by atoms with Gasteiger partial charge in [0.05, 0.1) is 11.2 Å². The van der Waals surface area contributed by atoms with E-state index in [9.17, 15) is 0 Å². The fraction of sp³-hybridized carbons (Fsp3) is 0.471. The molecule has 21 heavy (non-hydrogen) atoms. The predicted octanol–water partition coefficient (Wildman–Crippen LogP) is 2.13. The SMILES string of the molecule is CC1CN(Cc2ccn(C)n2)C(C)(c2ccccc2)CN1. The summed E-state index contributed by atoms with van der Waals surface area (Å²) in [6, 6.07) is 13.4. The molecule has 0 saturated carbocycles. The van der Waals surface area contributed by atoms with Crippen LogP contribution >= 0.6 is 0 Å². The normalized spacial score (nSPS) is 26.9. The second-order valence-electron chi connectivity index (χ2n) is 6.28. The van der Waals surface area contributed by atoms with Crippen LogP contribution in [0.5, 0.6) is 0 Å². The minimum Gasteiger partial charge on any atom is -0.311 e. The monoisotopic (exact) mass is 284 g/mol. The van der Waals surface area contributed by atoms with Crippen LogP contribution in [0.3, 0.4) is 0 Å². The van der Waals surface area contributed by atoms with Gasteiger partial charge in [0.1, 0.15) is 0 Å². The van der Waals surface area contributed by atoms with Crippen LogP contribution in [0.15, 0.2) is 42.6 Å². The van der Waals surface area contributed by atoms with E-state index in [0.717, 1.165) is 25.3 Å². The van der Waals surface area contributed by atoms with Crippen molar-refractivity contribution >= 4 is 0 Å². The zero-order valence-electron chi connectivity index (χ0n) is 13.1. The van der Waals surface area contributed by atoms with Gasteiger partial charge in [0.15, 0.2) is 0 Å². The van der Waals surface area contributed by atoms with Crippen molar-refractivity contribution in [3.05, 3.63) is 53.9 Å². The van der Waals surface area contributed by atoms with Crippen molar-refractivity contribution in [2.75, 3.05) is 13.1 Å². The van der Waals surface area contributed by atoms with Crippen LogP contribution in [0.4, 0.5) is 0 Å². The van der Waals surface area contributed by atoms with Gasteiger partial charge in [-0.25, -0.2) is 0 Å². The highest BCUT2D eigenvalue weighted by Crippen LogP contribution is 2.31. The molecule has 4 nitrogen and oxygen atoms in total. The van der Waals surface area contributed by atoms with Gasteiger partial charge >= 0.3 is 0 Å². The van der Waals surface area contributed by atoms with Gasteiger partial charge in [0, 0.05) is 38.9 Å². The summed E-state index contributed by atoms with van der Waals surface area (Å²) in [4.78, 5) is 2.55. The summed E-state index contributed by atoms with van der Waals surface area (Å²) in [5, 5.41) is 8.17. The molecule has 1 N–H and O–H groups in total. The van der Waals surface area contributed by atoms with Crippen LogP contribution in [-0.4, -0.2) is 33.8 Å². The molecule has 1 aliphatic heterocycles. The van der Waals surface area contributed by atoms with Crippen molar-refractivity contribution in [2.45, 2.75) is 32.0 Å². The van der Waals surface area contributed by atoms with Crippen molar-refractivity contribution in [1.82, 2.24) is 20.0 Å². The fourth-order valence-corrected chi connectivity index (χ4v) is 3.15. The minimum absolute atomic E-state index is 0.00525. The van der Waals surface area contributed by atoms with E-state index in [1.807, 2.05) is 17.9 Å². The molecule has 4 heteroatoms. The summed E-state index contributed by atoms with van der Waals surface area (Å²) in [5.41, 5.74) is 2.50. The first-order valence-electron chi connectivity index (χ1n) is 7.60. The van der Waals surface area contributed by atoms with Gasteiger partial charge in [-0.3, -0.25) is 9.58 Å². The number of hydrogen-bond acceptors (Lipinski definition) is 3. The molecule has 112 valence electrons. The molecule has 0 bridgehead atoms. The number of aryl methyl sites for hydroxylation is 1. The van der Waals surface area contributed by atoms with E-state index in [0.29, 0.717) is 6.04 Å². The molecule has 1 fully saturated rings. The lowest BCUT2D eigenvalue weighted by Gasteiger charge is -2.47. The second kappa shape index (κ2) is 5.62. The van der Waals surface area contributed by atoms with E-state index >= 15 is 0 Å².